The van der Waals surface area contributed by atoms with Crippen LogP contribution in [0.2, 0.25) is 0 Å². The minimum atomic E-state index is -3.51. The predicted octanol–water partition coefficient (Wildman–Crippen LogP) is 2.10. The maximum absolute atomic E-state index is 13.2. The molecule has 0 radical (unpaired) electrons. The lowest BCUT2D eigenvalue weighted by molar-refractivity contribution is 0.383. The zero-order valence-corrected chi connectivity index (χ0v) is 17.6. The van der Waals surface area contributed by atoms with Crippen molar-refractivity contribution in [1.29, 1.82) is 0 Å². The van der Waals surface area contributed by atoms with Crippen molar-refractivity contribution in [2.45, 2.75) is 25.7 Å². The topological polar surface area (TPSA) is 84.2 Å². The number of sulfonamides is 1. The van der Waals surface area contributed by atoms with E-state index in [9.17, 15) is 8.42 Å². The first-order chi connectivity index (χ1) is 13.9. The van der Waals surface area contributed by atoms with Crippen molar-refractivity contribution in [2.24, 2.45) is 0 Å². The van der Waals surface area contributed by atoms with Crippen molar-refractivity contribution in [3.63, 3.8) is 0 Å². The first-order valence-corrected chi connectivity index (χ1v) is 11.0. The Morgan fingerprint density at radius 3 is 2.14 bits per heavy atom. The summed E-state index contributed by atoms with van der Waals surface area (Å²) in [7, 11) is -3.51. The summed E-state index contributed by atoms with van der Waals surface area (Å²) in [4.78, 5) is 2.46. The molecule has 152 valence electrons. The van der Waals surface area contributed by atoms with Gasteiger partial charge in [-0.3, -0.25) is 0 Å². The molecule has 0 saturated carbocycles. The molecule has 0 atom stereocenters. The molecular formula is C20H24N6O2S. The Morgan fingerprint density at radius 1 is 0.862 bits per heavy atom. The molecule has 8 nitrogen and oxygen atoms in total. The van der Waals surface area contributed by atoms with Gasteiger partial charge in [-0.2, -0.15) is 9.40 Å². The van der Waals surface area contributed by atoms with Gasteiger partial charge < -0.3 is 4.90 Å². The lowest BCUT2D eigenvalue weighted by Gasteiger charge is -2.34. The highest BCUT2D eigenvalue weighted by Crippen LogP contribution is 2.25. The van der Waals surface area contributed by atoms with Crippen molar-refractivity contribution in [3.8, 4) is 5.82 Å². The van der Waals surface area contributed by atoms with E-state index in [1.54, 1.807) is 21.3 Å². The summed E-state index contributed by atoms with van der Waals surface area (Å²) in [5.41, 5.74) is 2.87. The number of hydrogen-bond donors (Lipinski definition) is 0. The van der Waals surface area contributed by atoms with Crippen LogP contribution in [0, 0.1) is 20.8 Å². The average molecular weight is 413 g/mol. The monoisotopic (exact) mass is 412 g/mol. The zero-order valence-electron chi connectivity index (χ0n) is 16.8. The second kappa shape index (κ2) is 7.57. The zero-order chi connectivity index (χ0) is 20.6. The average Bonchev–Trinajstić information content (AvgIpc) is 3.26. The molecule has 1 saturated heterocycles. The molecule has 3 heterocycles. The highest BCUT2D eigenvalue weighted by Gasteiger charge is 2.30. The van der Waals surface area contributed by atoms with Gasteiger partial charge in [-0.25, -0.2) is 13.1 Å². The van der Waals surface area contributed by atoms with Crippen molar-refractivity contribution < 1.29 is 8.42 Å². The Kier molecular flexibility index (Phi) is 5.10. The Hall–Kier alpha value is -2.78. The van der Waals surface area contributed by atoms with Gasteiger partial charge in [-0.1, -0.05) is 6.07 Å². The van der Waals surface area contributed by atoms with Crippen LogP contribution in [0.1, 0.15) is 16.7 Å². The largest absolute Gasteiger partial charge is 0.352 e. The molecule has 0 aliphatic carbocycles. The summed E-state index contributed by atoms with van der Waals surface area (Å²) >= 11 is 0. The SMILES string of the molecule is Cc1cc(C)c(S(=O)(=O)N2CCN(c3ccc(-n4cccn4)nn3)CC2)cc1C. The van der Waals surface area contributed by atoms with E-state index in [0.717, 1.165) is 22.5 Å². The number of piperazine rings is 1. The third-order valence-electron chi connectivity index (χ3n) is 5.35. The third kappa shape index (κ3) is 3.75. The molecule has 1 aromatic carbocycles. The number of hydrogen-bond acceptors (Lipinski definition) is 6. The summed E-state index contributed by atoms with van der Waals surface area (Å²) in [5, 5.41) is 12.6. The highest BCUT2D eigenvalue weighted by atomic mass is 32.2. The van der Waals surface area contributed by atoms with Crippen molar-refractivity contribution in [3.05, 3.63) is 59.4 Å². The molecule has 1 fully saturated rings. The molecule has 0 spiro atoms. The van der Waals surface area contributed by atoms with Gasteiger partial charge in [0, 0.05) is 38.6 Å². The Morgan fingerprint density at radius 2 is 1.52 bits per heavy atom. The lowest BCUT2D eigenvalue weighted by atomic mass is 10.1. The van der Waals surface area contributed by atoms with Crippen LogP contribution in [0.15, 0.2) is 47.6 Å². The second-order valence-corrected chi connectivity index (χ2v) is 9.20. The van der Waals surface area contributed by atoms with Gasteiger partial charge in [0.2, 0.25) is 10.0 Å². The fourth-order valence-electron chi connectivity index (χ4n) is 3.52. The normalized spacial score (nSPS) is 15.6. The first kappa shape index (κ1) is 19.5. The quantitative estimate of drug-likeness (QED) is 0.653. The molecule has 1 aliphatic rings. The summed E-state index contributed by atoms with van der Waals surface area (Å²) in [6.45, 7) is 7.76. The maximum atomic E-state index is 13.2. The smallest absolute Gasteiger partial charge is 0.243 e. The van der Waals surface area contributed by atoms with Gasteiger partial charge in [0.1, 0.15) is 0 Å². The summed E-state index contributed by atoms with van der Waals surface area (Å²) in [5.74, 6) is 1.38. The molecule has 0 amide bonds. The van der Waals surface area contributed by atoms with Gasteiger partial charge in [0.25, 0.3) is 0 Å². The Balaban J connectivity index is 1.47. The van der Waals surface area contributed by atoms with Gasteiger partial charge in [0.15, 0.2) is 11.6 Å². The Bertz CT molecular complexity index is 1100. The number of aryl methyl sites for hydroxylation is 3. The first-order valence-electron chi connectivity index (χ1n) is 9.53. The predicted molar refractivity (Wildman–Crippen MR) is 111 cm³/mol. The van der Waals surface area contributed by atoms with E-state index in [1.165, 1.54) is 0 Å². The van der Waals surface area contributed by atoms with E-state index in [2.05, 4.69) is 20.2 Å². The van der Waals surface area contributed by atoms with E-state index in [4.69, 9.17) is 0 Å². The van der Waals surface area contributed by atoms with Crippen LogP contribution >= 0.6 is 0 Å². The van der Waals surface area contributed by atoms with Gasteiger partial charge in [-0.15, -0.1) is 10.2 Å². The number of nitrogens with zero attached hydrogens (tertiary/aromatic N) is 6. The maximum Gasteiger partial charge on any atom is 0.243 e. The molecule has 0 bridgehead atoms. The standard InChI is InChI=1S/C20H24N6O2S/c1-15-13-17(3)18(14-16(15)2)29(27,28)25-11-9-24(10-12-25)19-5-6-20(23-22-19)26-8-4-7-21-26/h4-8,13-14H,9-12H2,1-3H3. The minimum Gasteiger partial charge on any atom is -0.352 e. The molecule has 2 aromatic heterocycles. The molecule has 29 heavy (non-hydrogen) atoms. The van der Waals surface area contributed by atoms with Gasteiger partial charge in [-0.05, 0) is 61.7 Å². The molecule has 0 N–H and O–H groups in total. The van der Waals surface area contributed by atoms with Crippen molar-refractivity contribution >= 4 is 15.8 Å². The van der Waals surface area contributed by atoms with E-state index >= 15 is 0 Å². The summed E-state index contributed by atoms with van der Waals surface area (Å²) < 4.78 is 29.5. The Labute approximate surface area is 170 Å². The number of aromatic nitrogens is 4. The summed E-state index contributed by atoms with van der Waals surface area (Å²) in [6.07, 6.45) is 3.49. The fourth-order valence-corrected chi connectivity index (χ4v) is 5.24. The third-order valence-corrected chi connectivity index (χ3v) is 7.39. The van der Waals surface area contributed by atoms with E-state index in [-0.39, 0.29) is 0 Å². The molecule has 4 rings (SSSR count). The summed E-state index contributed by atoms with van der Waals surface area (Å²) in [6, 6.07) is 9.30. The highest BCUT2D eigenvalue weighted by molar-refractivity contribution is 7.89. The fraction of sp³-hybridized carbons (Fsp3) is 0.350. The van der Waals surface area contributed by atoms with Gasteiger partial charge in [0.05, 0.1) is 4.90 Å². The van der Waals surface area contributed by atoms with Crippen LogP contribution in [0.3, 0.4) is 0 Å². The van der Waals surface area contributed by atoms with E-state index in [0.29, 0.717) is 36.9 Å². The number of rotatable bonds is 4. The van der Waals surface area contributed by atoms with Crippen molar-refractivity contribution in [2.75, 3.05) is 31.1 Å². The van der Waals surface area contributed by atoms with E-state index in [1.807, 2.05) is 51.2 Å². The number of anilines is 1. The lowest BCUT2D eigenvalue weighted by Crippen LogP contribution is -2.49. The second-order valence-electron chi connectivity index (χ2n) is 7.29. The van der Waals surface area contributed by atoms with Crippen LogP contribution in [-0.4, -0.2) is 58.9 Å². The molecule has 0 unspecified atom stereocenters. The molecule has 1 aliphatic heterocycles. The van der Waals surface area contributed by atoms with Crippen LogP contribution in [0.25, 0.3) is 5.82 Å². The van der Waals surface area contributed by atoms with Crippen LogP contribution in [0.4, 0.5) is 5.82 Å². The number of benzene rings is 1. The van der Waals surface area contributed by atoms with Gasteiger partial charge >= 0.3 is 0 Å². The molecular weight excluding hydrogens is 388 g/mol. The van der Waals surface area contributed by atoms with E-state index < -0.39 is 10.0 Å². The van der Waals surface area contributed by atoms with Crippen LogP contribution in [0.5, 0.6) is 0 Å². The van der Waals surface area contributed by atoms with Crippen LogP contribution < -0.4 is 4.90 Å². The van der Waals surface area contributed by atoms with Crippen LogP contribution in [-0.2, 0) is 10.0 Å². The molecule has 3 aromatic rings. The van der Waals surface area contributed by atoms with Crippen molar-refractivity contribution in [1.82, 2.24) is 24.3 Å². The minimum absolute atomic E-state index is 0.400. The molecule has 9 heteroatoms.